The van der Waals surface area contributed by atoms with Crippen LogP contribution in [0.25, 0.3) is 0 Å². The molecule has 4 heteroatoms. The van der Waals surface area contributed by atoms with Crippen molar-refractivity contribution >= 4 is 15.9 Å². The number of halogens is 1. The fourth-order valence-electron chi connectivity index (χ4n) is 2.62. The molecule has 1 aromatic heterocycles. The molecule has 116 valence electrons. The average molecular weight is 344 g/mol. The Morgan fingerprint density at radius 3 is 2.35 bits per heavy atom. The van der Waals surface area contributed by atoms with Gasteiger partial charge in [0.05, 0.1) is 15.9 Å². The van der Waals surface area contributed by atoms with Crippen LogP contribution in [0.3, 0.4) is 0 Å². The van der Waals surface area contributed by atoms with Gasteiger partial charge in [-0.2, -0.15) is 5.10 Å². The first-order chi connectivity index (χ1) is 9.35. The number of rotatable bonds is 7. The third kappa shape index (κ3) is 4.32. The van der Waals surface area contributed by atoms with Crippen molar-refractivity contribution in [3.05, 3.63) is 15.9 Å². The first kappa shape index (κ1) is 17.7. The van der Waals surface area contributed by atoms with Crippen LogP contribution in [0.1, 0.15) is 59.4 Å². The zero-order valence-corrected chi connectivity index (χ0v) is 15.5. The smallest absolute Gasteiger partial charge is 0.0766 e. The van der Waals surface area contributed by atoms with Crippen LogP contribution in [0.5, 0.6) is 0 Å². The van der Waals surface area contributed by atoms with Crippen molar-refractivity contribution in [2.75, 3.05) is 6.54 Å². The molecule has 0 aliphatic carbocycles. The van der Waals surface area contributed by atoms with Crippen LogP contribution in [0.2, 0.25) is 0 Å². The second-order valence-electron chi connectivity index (χ2n) is 6.39. The summed E-state index contributed by atoms with van der Waals surface area (Å²) in [4.78, 5) is 0. The molecule has 0 amide bonds. The van der Waals surface area contributed by atoms with E-state index in [4.69, 9.17) is 0 Å². The molecule has 0 radical (unpaired) electrons. The lowest BCUT2D eigenvalue weighted by Crippen LogP contribution is -2.40. The van der Waals surface area contributed by atoms with Gasteiger partial charge in [0.2, 0.25) is 0 Å². The molecule has 1 aromatic rings. The second-order valence-corrected chi connectivity index (χ2v) is 7.18. The van der Waals surface area contributed by atoms with Gasteiger partial charge >= 0.3 is 0 Å². The Bertz CT molecular complexity index is 418. The average Bonchev–Trinajstić information content (AvgIpc) is 2.69. The van der Waals surface area contributed by atoms with Gasteiger partial charge in [-0.25, -0.2) is 0 Å². The zero-order chi connectivity index (χ0) is 15.3. The van der Waals surface area contributed by atoms with Gasteiger partial charge in [-0.3, -0.25) is 4.68 Å². The molecule has 0 aromatic carbocycles. The molecule has 0 bridgehead atoms. The van der Waals surface area contributed by atoms with Crippen LogP contribution in [0.4, 0.5) is 0 Å². The largest absolute Gasteiger partial charge is 0.314 e. The Morgan fingerprint density at radius 1 is 1.25 bits per heavy atom. The molecule has 1 unspecified atom stereocenters. The predicted octanol–water partition coefficient (Wildman–Crippen LogP) is 4.18. The maximum absolute atomic E-state index is 4.68. The summed E-state index contributed by atoms with van der Waals surface area (Å²) < 4.78 is 3.36. The summed E-state index contributed by atoms with van der Waals surface area (Å²) in [7, 11) is 0. The number of nitrogens with zero attached hydrogens (tertiary/aromatic N) is 2. The Hall–Kier alpha value is -0.350. The maximum Gasteiger partial charge on any atom is 0.0766 e. The fraction of sp³-hybridized carbons (Fsp3) is 0.812. The lowest BCUT2D eigenvalue weighted by Gasteiger charge is -2.31. The van der Waals surface area contributed by atoms with E-state index in [0.717, 1.165) is 32.4 Å². The summed E-state index contributed by atoms with van der Waals surface area (Å²) in [5.74, 6) is 0. The number of aryl methyl sites for hydroxylation is 2. The van der Waals surface area contributed by atoms with Crippen molar-refractivity contribution in [3.8, 4) is 0 Å². The van der Waals surface area contributed by atoms with Crippen molar-refractivity contribution in [2.45, 2.75) is 73.4 Å². The molecular weight excluding hydrogens is 314 g/mol. The van der Waals surface area contributed by atoms with E-state index < -0.39 is 0 Å². The lowest BCUT2D eigenvalue weighted by molar-refractivity contribution is 0.257. The summed E-state index contributed by atoms with van der Waals surface area (Å²) in [6, 6.07) is 0.532. The highest BCUT2D eigenvalue weighted by atomic mass is 79.9. The highest BCUT2D eigenvalue weighted by Gasteiger charge is 2.24. The monoisotopic (exact) mass is 343 g/mol. The number of aromatic nitrogens is 2. The van der Waals surface area contributed by atoms with Crippen LogP contribution < -0.4 is 5.32 Å². The maximum atomic E-state index is 4.68. The molecule has 0 saturated carbocycles. The fourth-order valence-corrected chi connectivity index (χ4v) is 3.39. The minimum Gasteiger partial charge on any atom is -0.314 e. The minimum atomic E-state index is 0.285. The molecule has 0 aliphatic rings. The van der Waals surface area contributed by atoms with Gasteiger partial charge < -0.3 is 5.32 Å². The van der Waals surface area contributed by atoms with Gasteiger partial charge in [0, 0.05) is 12.6 Å². The number of hydrogen-bond acceptors (Lipinski definition) is 2. The van der Waals surface area contributed by atoms with Crippen LogP contribution in [0.15, 0.2) is 4.47 Å². The Kier molecular flexibility index (Phi) is 6.73. The van der Waals surface area contributed by atoms with Crippen LogP contribution in [-0.2, 0) is 19.4 Å². The van der Waals surface area contributed by atoms with Crippen LogP contribution >= 0.6 is 15.9 Å². The highest BCUT2D eigenvalue weighted by molar-refractivity contribution is 9.10. The third-order valence-corrected chi connectivity index (χ3v) is 4.78. The van der Waals surface area contributed by atoms with Gasteiger partial charge in [0.25, 0.3) is 0 Å². The Labute approximate surface area is 132 Å². The van der Waals surface area contributed by atoms with Crippen molar-refractivity contribution < 1.29 is 0 Å². The molecule has 0 fully saturated rings. The molecule has 1 rings (SSSR count). The third-order valence-electron chi connectivity index (χ3n) is 3.86. The van der Waals surface area contributed by atoms with E-state index in [1.807, 2.05) is 0 Å². The first-order valence-corrected chi connectivity index (χ1v) is 8.61. The van der Waals surface area contributed by atoms with E-state index in [-0.39, 0.29) is 5.41 Å². The molecule has 1 atom stereocenters. The molecule has 1 heterocycles. The van der Waals surface area contributed by atoms with E-state index in [2.05, 4.69) is 72.6 Å². The molecule has 1 N–H and O–H groups in total. The van der Waals surface area contributed by atoms with Crippen LogP contribution in [-0.4, -0.2) is 22.4 Å². The summed E-state index contributed by atoms with van der Waals surface area (Å²) in [5.41, 5.74) is 2.81. The Balaban J connectivity index is 2.85. The zero-order valence-electron chi connectivity index (χ0n) is 13.9. The van der Waals surface area contributed by atoms with Crippen molar-refractivity contribution in [3.63, 3.8) is 0 Å². The lowest BCUT2D eigenvalue weighted by atomic mass is 9.83. The van der Waals surface area contributed by atoms with Crippen molar-refractivity contribution in [1.29, 1.82) is 0 Å². The van der Waals surface area contributed by atoms with Gasteiger partial charge in [0.15, 0.2) is 0 Å². The summed E-state index contributed by atoms with van der Waals surface area (Å²) in [5, 5.41) is 8.31. The first-order valence-electron chi connectivity index (χ1n) is 7.82. The summed E-state index contributed by atoms with van der Waals surface area (Å²) >= 11 is 3.74. The van der Waals surface area contributed by atoms with E-state index in [1.165, 1.54) is 15.9 Å². The summed E-state index contributed by atoms with van der Waals surface area (Å²) in [6.07, 6.45) is 3.19. The molecule has 0 aliphatic heterocycles. The molecule has 0 spiro atoms. The van der Waals surface area contributed by atoms with Gasteiger partial charge in [0.1, 0.15) is 0 Å². The van der Waals surface area contributed by atoms with Crippen molar-refractivity contribution in [2.24, 2.45) is 5.41 Å². The topological polar surface area (TPSA) is 29.9 Å². The highest BCUT2D eigenvalue weighted by Crippen LogP contribution is 2.27. The molecule has 20 heavy (non-hydrogen) atoms. The normalized spacial score (nSPS) is 13.8. The molecule has 3 nitrogen and oxygen atoms in total. The van der Waals surface area contributed by atoms with E-state index in [1.54, 1.807) is 0 Å². The minimum absolute atomic E-state index is 0.285. The summed E-state index contributed by atoms with van der Waals surface area (Å²) in [6.45, 7) is 15.4. The van der Waals surface area contributed by atoms with E-state index >= 15 is 0 Å². The number of nitrogens with one attached hydrogen (secondary N) is 1. The van der Waals surface area contributed by atoms with Gasteiger partial charge in [-0.15, -0.1) is 0 Å². The SMILES string of the molecule is CCNC(CCc1c(Br)c(CC)nn1CC)C(C)(C)C. The predicted molar refractivity (Wildman–Crippen MR) is 90.2 cm³/mol. The van der Waals surface area contributed by atoms with E-state index in [0.29, 0.717) is 6.04 Å². The van der Waals surface area contributed by atoms with Crippen LogP contribution in [0, 0.1) is 5.41 Å². The van der Waals surface area contributed by atoms with Gasteiger partial charge in [-0.1, -0.05) is 34.6 Å². The number of hydrogen-bond donors (Lipinski definition) is 1. The Morgan fingerprint density at radius 2 is 1.90 bits per heavy atom. The van der Waals surface area contributed by atoms with Gasteiger partial charge in [-0.05, 0) is 54.1 Å². The second kappa shape index (κ2) is 7.60. The standard InChI is InChI=1S/C16H30BrN3/c1-7-12-15(17)13(20(9-3)19-12)10-11-14(18-8-2)16(4,5)6/h14,18H,7-11H2,1-6H3. The van der Waals surface area contributed by atoms with Crippen molar-refractivity contribution in [1.82, 2.24) is 15.1 Å². The molecular formula is C16H30BrN3. The van der Waals surface area contributed by atoms with E-state index in [9.17, 15) is 0 Å². The quantitative estimate of drug-likeness (QED) is 0.804. The molecule has 0 saturated heterocycles.